The monoisotopic (exact) mass is 275 g/mol. The summed E-state index contributed by atoms with van der Waals surface area (Å²) in [5.74, 6) is 0. The van der Waals surface area contributed by atoms with E-state index in [1.165, 1.54) is 31.2 Å². The first-order chi connectivity index (χ1) is 9.81. The number of nitrogens with zero attached hydrogens (tertiary/aromatic N) is 2. The maximum atomic E-state index is 6.67. The van der Waals surface area contributed by atoms with Gasteiger partial charge >= 0.3 is 0 Å². The van der Waals surface area contributed by atoms with Gasteiger partial charge in [0, 0.05) is 37.1 Å². The van der Waals surface area contributed by atoms with Crippen molar-refractivity contribution in [3.8, 4) is 0 Å². The number of hydrogen-bond donors (Lipinski definition) is 1. The Morgan fingerprint density at radius 2 is 1.85 bits per heavy atom. The number of aromatic nitrogens is 1. The molecule has 1 saturated heterocycles. The molecule has 2 fully saturated rings. The minimum Gasteiger partial charge on any atom is -0.379 e. The molecule has 1 atom stereocenters. The van der Waals surface area contributed by atoms with E-state index in [9.17, 15) is 0 Å². The third kappa shape index (κ3) is 2.73. The fourth-order valence-electron chi connectivity index (χ4n) is 3.88. The summed E-state index contributed by atoms with van der Waals surface area (Å²) in [4.78, 5) is 6.70. The molecule has 0 aromatic carbocycles. The molecule has 2 aliphatic rings. The second-order valence-electron chi connectivity index (χ2n) is 6.08. The average Bonchev–Trinajstić information content (AvgIpc) is 3.00. The summed E-state index contributed by atoms with van der Waals surface area (Å²) in [5.41, 5.74) is 8.16. The lowest BCUT2D eigenvalue weighted by Gasteiger charge is -2.47. The van der Waals surface area contributed by atoms with Gasteiger partial charge in [0.2, 0.25) is 0 Å². The van der Waals surface area contributed by atoms with Crippen molar-refractivity contribution in [2.75, 3.05) is 26.3 Å². The van der Waals surface area contributed by atoms with Crippen LogP contribution in [-0.4, -0.2) is 47.8 Å². The third-order valence-corrected chi connectivity index (χ3v) is 5.01. The Hall–Kier alpha value is -0.970. The summed E-state index contributed by atoms with van der Waals surface area (Å²) in [6.45, 7) is 3.77. The van der Waals surface area contributed by atoms with Crippen molar-refractivity contribution < 1.29 is 4.74 Å². The summed E-state index contributed by atoms with van der Waals surface area (Å²) >= 11 is 0. The zero-order chi connectivity index (χ0) is 13.8. The molecule has 20 heavy (non-hydrogen) atoms. The minimum atomic E-state index is 0.188. The summed E-state index contributed by atoms with van der Waals surface area (Å²) in [7, 11) is 0. The van der Waals surface area contributed by atoms with Crippen LogP contribution in [-0.2, 0) is 11.2 Å². The molecule has 0 bridgehead atoms. The minimum absolute atomic E-state index is 0.188. The van der Waals surface area contributed by atoms with Gasteiger partial charge < -0.3 is 10.5 Å². The number of hydrogen-bond acceptors (Lipinski definition) is 4. The molecule has 1 aromatic heterocycles. The second kappa shape index (κ2) is 6.20. The lowest BCUT2D eigenvalue weighted by atomic mass is 9.83. The van der Waals surface area contributed by atoms with E-state index < -0.39 is 0 Å². The fraction of sp³-hybridized carbons (Fsp3) is 0.688. The highest BCUT2D eigenvalue weighted by molar-refractivity contribution is 5.15. The van der Waals surface area contributed by atoms with E-state index in [1.54, 1.807) is 0 Å². The fourth-order valence-corrected chi connectivity index (χ4v) is 3.88. The van der Waals surface area contributed by atoms with Gasteiger partial charge in [0.1, 0.15) is 0 Å². The first-order valence-electron chi connectivity index (χ1n) is 7.78. The van der Waals surface area contributed by atoms with E-state index in [2.05, 4.69) is 22.0 Å². The maximum absolute atomic E-state index is 6.67. The van der Waals surface area contributed by atoms with Crippen molar-refractivity contribution in [1.29, 1.82) is 0 Å². The zero-order valence-electron chi connectivity index (χ0n) is 12.1. The average molecular weight is 275 g/mol. The van der Waals surface area contributed by atoms with Crippen molar-refractivity contribution in [1.82, 2.24) is 9.88 Å². The van der Waals surface area contributed by atoms with E-state index in [0.29, 0.717) is 0 Å². The topological polar surface area (TPSA) is 51.4 Å². The number of morpholine rings is 1. The maximum Gasteiger partial charge on any atom is 0.0594 e. The molecule has 1 aromatic rings. The van der Waals surface area contributed by atoms with Gasteiger partial charge in [-0.2, -0.15) is 0 Å². The summed E-state index contributed by atoms with van der Waals surface area (Å²) in [6, 6.07) is 4.37. The third-order valence-electron chi connectivity index (χ3n) is 5.01. The highest BCUT2D eigenvalue weighted by Crippen LogP contribution is 2.38. The van der Waals surface area contributed by atoms with Crippen LogP contribution in [0.1, 0.15) is 31.2 Å². The number of ether oxygens (including phenoxy) is 1. The lowest BCUT2D eigenvalue weighted by molar-refractivity contribution is -0.0305. The molecule has 4 nitrogen and oxygen atoms in total. The molecule has 3 rings (SSSR count). The van der Waals surface area contributed by atoms with Crippen LogP contribution < -0.4 is 5.73 Å². The summed E-state index contributed by atoms with van der Waals surface area (Å²) in [5, 5.41) is 0. The van der Waals surface area contributed by atoms with Crippen LogP contribution in [0, 0.1) is 0 Å². The first kappa shape index (κ1) is 14.0. The van der Waals surface area contributed by atoms with E-state index in [4.69, 9.17) is 10.5 Å². The van der Waals surface area contributed by atoms with Crippen molar-refractivity contribution >= 4 is 0 Å². The molecular formula is C16H25N3O. The number of rotatable bonds is 4. The van der Waals surface area contributed by atoms with E-state index in [1.807, 2.05) is 12.4 Å². The van der Waals surface area contributed by atoms with Crippen LogP contribution in [0.15, 0.2) is 24.5 Å². The van der Waals surface area contributed by atoms with Gasteiger partial charge in [-0.1, -0.05) is 12.8 Å². The molecule has 1 aliphatic heterocycles. The molecule has 2 heterocycles. The van der Waals surface area contributed by atoms with Crippen LogP contribution >= 0.6 is 0 Å². The second-order valence-corrected chi connectivity index (χ2v) is 6.08. The molecule has 2 N–H and O–H groups in total. The van der Waals surface area contributed by atoms with Crippen LogP contribution in [0.25, 0.3) is 0 Å². The molecule has 0 radical (unpaired) electrons. The molecule has 0 amide bonds. The van der Waals surface area contributed by atoms with Gasteiger partial charge in [0.05, 0.1) is 13.2 Å². The molecule has 1 saturated carbocycles. The number of pyridine rings is 1. The van der Waals surface area contributed by atoms with Crippen molar-refractivity contribution in [2.24, 2.45) is 5.73 Å². The molecule has 4 heteroatoms. The van der Waals surface area contributed by atoms with E-state index in [0.717, 1.165) is 32.7 Å². The molecule has 1 unspecified atom stereocenters. The normalized spacial score (nSPS) is 24.6. The Morgan fingerprint density at radius 3 is 2.50 bits per heavy atom. The van der Waals surface area contributed by atoms with Gasteiger partial charge in [0.25, 0.3) is 0 Å². The van der Waals surface area contributed by atoms with Crippen LogP contribution in [0.2, 0.25) is 0 Å². The molecule has 1 aliphatic carbocycles. The van der Waals surface area contributed by atoms with Gasteiger partial charge in [0.15, 0.2) is 0 Å². The standard InChI is InChI=1S/C16H25N3O/c17-15(13-14-3-7-18-8-4-14)16(5-1-2-6-16)19-9-11-20-12-10-19/h3-4,7-8,15H,1-2,5-6,9-13,17H2. The Kier molecular flexibility index (Phi) is 4.34. The van der Waals surface area contributed by atoms with Crippen LogP contribution in [0.3, 0.4) is 0 Å². The van der Waals surface area contributed by atoms with Gasteiger partial charge in [-0.25, -0.2) is 0 Å². The molecule has 110 valence electrons. The van der Waals surface area contributed by atoms with Crippen LogP contribution in [0.4, 0.5) is 0 Å². The van der Waals surface area contributed by atoms with Crippen LogP contribution in [0.5, 0.6) is 0 Å². The van der Waals surface area contributed by atoms with E-state index in [-0.39, 0.29) is 11.6 Å². The largest absolute Gasteiger partial charge is 0.379 e. The lowest BCUT2D eigenvalue weighted by Crippen LogP contribution is -2.61. The smallest absolute Gasteiger partial charge is 0.0594 e. The van der Waals surface area contributed by atoms with Crippen molar-refractivity contribution in [3.63, 3.8) is 0 Å². The van der Waals surface area contributed by atoms with Gasteiger partial charge in [-0.15, -0.1) is 0 Å². The summed E-state index contributed by atoms with van der Waals surface area (Å²) in [6.07, 6.45) is 9.75. The predicted octanol–water partition coefficient (Wildman–Crippen LogP) is 1.60. The Morgan fingerprint density at radius 1 is 1.20 bits per heavy atom. The van der Waals surface area contributed by atoms with E-state index >= 15 is 0 Å². The highest BCUT2D eigenvalue weighted by atomic mass is 16.5. The Balaban J connectivity index is 1.75. The predicted molar refractivity (Wildman–Crippen MR) is 79.5 cm³/mol. The zero-order valence-corrected chi connectivity index (χ0v) is 12.1. The molecular weight excluding hydrogens is 250 g/mol. The number of nitrogens with two attached hydrogens (primary N) is 1. The molecule has 0 spiro atoms. The Bertz CT molecular complexity index is 411. The van der Waals surface area contributed by atoms with Crippen molar-refractivity contribution in [2.45, 2.75) is 43.7 Å². The van der Waals surface area contributed by atoms with Crippen molar-refractivity contribution in [3.05, 3.63) is 30.1 Å². The summed E-state index contributed by atoms with van der Waals surface area (Å²) < 4.78 is 5.51. The first-order valence-corrected chi connectivity index (χ1v) is 7.78. The quantitative estimate of drug-likeness (QED) is 0.907. The SMILES string of the molecule is NC(Cc1ccncc1)C1(N2CCOCC2)CCCC1. The van der Waals surface area contributed by atoms with Gasteiger partial charge in [-0.05, 0) is 37.0 Å². The Labute approximate surface area is 121 Å². The van der Waals surface area contributed by atoms with Gasteiger partial charge in [-0.3, -0.25) is 9.88 Å². The highest BCUT2D eigenvalue weighted by Gasteiger charge is 2.44.